The highest BCUT2D eigenvalue weighted by Gasteiger charge is 2.22. The largest absolute Gasteiger partial charge is 0.459 e. The van der Waals surface area contributed by atoms with E-state index in [4.69, 9.17) is 8.83 Å². The summed E-state index contributed by atoms with van der Waals surface area (Å²) < 4.78 is 10.8. The summed E-state index contributed by atoms with van der Waals surface area (Å²) in [5, 5.41) is 7.95. The van der Waals surface area contributed by atoms with E-state index in [2.05, 4.69) is 10.2 Å². The number of rotatable bonds is 5. The van der Waals surface area contributed by atoms with Crippen molar-refractivity contribution in [3.8, 4) is 11.7 Å². The molecular weight excluding hydrogens is 324 g/mol. The molecule has 3 rings (SSSR count). The predicted octanol–water partition coefficient (Wildman–Crippen LogP) is 4.62. The van der Waals surface area contributed by atoms with E-state index in [9.17, 15) is 4.79 Å². The minimum atomic E-state index is -0.323. The fourth-order valence-electron chi connectivity index (χ4n) is 2.41. The van der Waals surface area contributed by atoms with Gasteiger partial charge in [0.25, 0.3) is 11.1 Å². The van der Waals surface area contributed by atoms with Gasteiger partial charge >= 0.3 is 0 Å². The van der Waals surface area contributed by atoms with E-state index in [1.165, 1.54) is 17.3 Å². The molecule has 0 fully saturated rings. The summed E-state index contributed by atoms with van der Waals surface area (Å²) in [6, 6.07) is 7.49. The molecule has 6 heteroatoms. The maximum Gasteiger partial charge on any atom is 0.284 e. The van der Waals surface area contributed by atoms with Crippen LogP contribution in [0.4, 0.5) is 0 Å². The Labute approximate surface area is 144 Å². The van der Waals surface area contributed by atoms with Gasteiger partial charge in [0, 0.05) is 5.56 Å². The van der Waals surface area contributed by atoms with Gasteiger partial charge in [-0.1, -0.05) is 17.8 Å². The number of hydrogen-bond donors (Lipinski definition) is 0. The monoisotopic (exact) mass is 342 g/mol. The fourth-order valence-corrected chi connectivity index (χ4v) is 3.16. The lowest BCUT2D eigenvalue weighted by Gasteiger charge is -2.12. The molecule has 0 amide bonds. The number of thioether (sulfide) groups is 1. The molecule has 0 N–H and O–H groups in total. The van der Waals surface area contributed by atoms with Gasteiger partial charge in [0.1, 0.15) is 0 Å². The number of nitrogens with zero attached hydrogens (tertiary/aromatic N) is 2. The molecule has 2 heterocycles. The molecule has 0 unspecified atom stereocenters. The van der Waals surface area contributed by atoms with Crippen molar-refractivity contribution in [2.24, 2.45) is 0 Å². The summed E-state index contributed by atoms with van der Waals surface area (Å²) in [5.41, 5.74) is 4.02. The summed E-state index contributed by atoms with van der Waals surface area (Å²) in [4.78, 5) is 12.7. The quantitative estimate of drug-likeness (QED) is 0.498. The number of benzene rings is 1. The van der Waals surface area contributed by atoms with Crippen molar-refractivity contribution in [2.45, 2.75) is 38.2 Å². The summed E-state index contributed by atoms with van der Waals surface area (Å²) in [6.45, 7) is 7.86. The van der Waals surface area contributed by atoms with Crippen molar-refractivity contribution in [1.82, 2.24) is 10.2 Å². The van der Waals surface area contributed by atoms with Crippen LogP contribution in [0.5, 0.6) is 0 Å². The van der Waals surface area contributed by atoms with E-state index >= 15 is 0 Å². The van der Waals surface area contributed by atoms with Crippen LogP contribution in [0.25, 0.3) is 11.7 Å². The topological polar surface area (TPSA) is 69.1 Å². The van der Waals surface area contributed by atoms with Gasteiger partial charge in [-0.25, -0.2) is 0 Å². The zero-order valence-corrected chi connectivity index (χ0v) is 14.8. The molecule has 0 saturated carbocycles. The van der Waals surface area contributed by atoms with E-state index in [1.807, 2.05) is 39.8 Å². The van der Waals surface area contributed by atoms with Crippen LogP contribution >= 0.6 is 11.8 Å². The maximum absolute atomic E-state index is 12.7. The average Bonchev–Trinajstić information content (AvgIpc) is 3.21. The zero-order valence-electron chi connectivity index (χ0n) is 14.0. The third-order valence-electron chi connectivity index (χ3n) is 3.89. The normalized spacial score (nSPS) is 12.3. The molecule has 0 aliphatic carbocycles. The van der Waals surface area contributed by atoms with E-state index in [1.54, 1.807) is 18.4 Å². The highest BCUT2D eigenvalue weighted by molar-refractivity contribution is 8.00. The molecule has 3 aromatic rings. The van der Waals surface area contributed by atoms with Gasteiger partial charge in [0.05, 0.1) is 11.5 Å². The van der Waals surface area contributed by atoms with E-state index < -0.39 is 0 Å². The molecular formula is C18H18N2O3S. The third kappa shape index (κ3) is 3.28. The van der Waals surface area contributed by atoms with Crippen LogP contribution in [0.2, 0.25) is 0 Å². The van der Waals surface area contributed by atoms with Crippen LogP contribution in [-0.4, -0.2) is 21.2 Å². The molecule has 1 atom stereocenters. The Morgan fingerprint density at radius 3 is 2.58 bits per heavy atom. The van der Waals surface area contributed by atoms with Crippen LogP contribution in [-0.2, 0) is 0 Å². The Bertz CT molecular complexity index is 869. The second kappa shape index (κ2) is 6.65. The molecule has 0 aliphatic heterocycles. The molecule has 24 heavy (non-hydrogen) atoms. The lowest BCUT2D eigenvalue weighted by Crippen LogP contribution is -2.15. The van der Waals surface area contributed by atoms with Gasteiger partial charge in [0.2, 0.25) is 0 Å². The number of aromatic nitrogens is 2. The molecule has 2 aromatic heterocycles. The minimum absolute atomic E-state index is 0.0540. The summed E-state index contributed by atoms with van der Waals surface area (Å²) >= 11 is 1.25. The first-order chi connectivity index (χ1) is 11.5. The third-order valence-corrected chi connectivity index (χ3v) is 4.83. The first kappa shape index (κ1) is 16.5. The number of carbonyl (C=O) groups is 1. The van der Waals surface area contributed by atoms with Crippen molar-refractivity contribution in [3.63, 3.8) is 0 Å². The van der Waals surface area contributed by atoms with Gasteiger partial charge in [0.15, 0.2) is 11.5 Å². The Morgan fingerprint density at radius 2 is 1.88 bits per heavy atom. The predicted molar refractivity (Wildman–Crippen MR) is 92.3 cm³/mol. The lowest BCUT2D eigenvalue weighted by molar-refractivity contribution is 0.0993. The summed E-state index contributed by atoms with van der Waals surface area (Å²) in [6.07, 6.45) is 1.54. The Balaban J connectivity index is 1.76. The van der Waals surface area contributed by atoms with Crippen molar-refractivity contribution in [2.75, 3.05) is 0 Å². The van der Waals surface area contributed by atoms with Gasteiger partial charge in [-0.15, -0.1) is 10.2 Å². The zero-order chi connectivity index (χ0) is 17.3. The van der Waals surface area contributed by atoms with Gasteiger partial charge in [-0.2, -0.15) is 0 Å². The van der Waals surface area contributed by atoms with Crippen molar-refractivity contribution < 1.29 is 13.6 Å². The molecule has 124 valence electrons. The van der Waals surface area contributed by atoms with E-state index in [0.29, 0.717) is 16.9 Å². The molecule has 1 aromatic carbocycles. The summed E-state index contributed by atoms with van der Waals surface area (Å²) in [5.74, 6) is 0.876. The van der Waals surface area contributed by atoms with Crippen LogP contribution in [0, 0.1) is 20.8 Å². The first-order valence-electron chi connectivity index (χ1n) is 7.62. The van der Waals surface area contributed by atoms with Crippen molar-refractivity contribution in [1.29, 1.82) is 0 Å². The number of aryl methyl sites for hydroxylation is 3. The number of ketones is 1. The average molecular weight is 342 g/mol. The number of furan rings is 1. The lowest BCUT2D eigenvalue weighted by atomic mass is 9.97. The van der Waals surface area contributed by atoms with Crippen LogP contribution in [0.15, 0.2) is 44.6 Å². The molecule has 0 aliphatic rings. The standard InChI is InChI=1S/C18H18N2O3S/c1-10-8-12(3)14(9-11(10)2)16(21)13(4)24-18-20-19-17(23-18)15-6-5-7-22-15/h5-9,13H,1-4H3/t13-/m0/s1. The summed E-state index contributed by atoms with van der Waals surface area (Å²) in [7, 11) is 0. The highest BCUT2D eigenvalue weighted by atomic mass is 32.2. The van der Waals surface area contributed by atoms with Gasteiger partial charge in [-0.3, -0.25) is 4.79 Å². The minimum Gasteiger partial charge on any atom is -0.459 e. The fraction of sp³-hybridized carbons (Fsp3) is 0.278. The molecule has 0 radical (unpaired) electrons. The SMILES string of the molecule is Cc1cc(C)c(C(=O)[C@H](C)Sc2nnc(-c3ccco3)o2)cc1C. The molecule has 0 bridgehead atoms. The van der Waals surface area contributed by atoms with Gasteiger partial charge < -0.3 is 8.83 Å². The molecule has 0 saturated heterocycles. The van der Waals surface area contributed by atoms with Gasteiger partial charge in [-0.05, 0) is 62.6 Å². The van der Waals surface area contributed by atoms with Crippen molar-refractivity contribution in [3.05, 3.63) is 52.8 Å². The number of carbonyl (C=O) groups excluding carboxylic acids is 1. The first-order valence-corrected chi connectivity index (χ1v) is 8.49. The smallest absolute Gasteiger partial charge is 0.284 e. The van der Waals surface area contributed by atoms with Crippen LogP contribution in [0.3, 0.4) is 0 Å². The second-order valence-corrected chi connectivity index (χ2v) is 7.02. The highest BCUT2D eigenvalue weighted by Crippen LogP contribution is 2.29. The number of hydrogen-bond acceptors (Lipinski definition) is 6. The van der Waals surface area contributed by atoms with Crippen LogP contribution in [0.1, 0.15) is 34.0 Å². The van der Waals surface area contributed by atoms with E-state index in [0.717, 1.165) is 16.7 Å². The second-order valence-electron chi connectivity index (χ2n) is 5.73. The maximum atomic E-state index is 12.7. The molecule has 5 nitrogen and oxygen atoms in total. The van der Waals surface area contributed by atoms with E-state index in [-0.39, 0.29) is 11.0 Å². The Morgan fingerprint density at radius 1 is 1.12 bits per heavy atom. The molecule has 0 spiro atoms. The Hall–Kier alpha value is -2.34. The van der Waals surface area contributed by atoms with Crippen LogP contribution < -0.4 is 0 Å². The number of Topliss-reactive ketones (excluding diaryl/α,β-unsaturated/α-hetero) is 1. The Kier molecular flexibility index (Phi) is 4.57. The van der Waals surface area contributed by atoms with Crippen molar-refractivity contribution >= 4 is 17.5 Å².